The van der Waals surface area contributed by atoms with Crippen LogP contribution in [0.4, 0.5) is 5.82 Å². The third-order valence-corrected chi connectivity index (χ3v) is 6.49. The smallest absolute Gasteiger partial charge is 0.145 e. The molecule has 8 nitrogen and oxygen atoms in total. The highest BCUT2D eigenvalue weighted by Gasteiger charge is 2.19. The summed E-state index contributed by atoms with van der Waals surface area (Å²) in [5.74, 6) is 1.98. The van der Waals surface area contributed by atoms with Crippen molar-refractivity contribution in [3.05, 3.63) is 42.2 Å². The Hall–Kier alpha value is -2.36. The van der Waals surface area contributed by atoms with Gasteiger partial charge in [-0.15, -0.1) is 11.8 Å². The molecule has 1 fully saturated rings. The lowest BCUT2D eigenvalue weighted by molar-refractivity contribution is 0.0360. The van der Waals surface area contributed by atoms with Crippen LogP contribution in [0.1, 0.15) is 11.1 Å². The SMILES string of the molecule is Cc1c[nH]c2ncnc(N3C=C(c4cnn(CCN5CCOCC5)c4)SCC3)c12. The lowest BCUT2D eigenvalue weighted by Gasteiger charge is -2.26. The second-order valence-corrected chi connectivity index (χ2v) is 8.51. The molecule has 0 atom stereocenters. The third kappa shape index (κ3) is 3.90. The van der Waals surface area contributed by atoms with Gasteiger partial charge in [0.25, 0.3) is 0 Å². The van der Waals surface area contributed by atoms with Gasteiger partial charge in [-0.2, -0.15) is 5.10 Å². The van der Waals surface area contributed by atoms with Gasteiger partial charge in [0.2, 0.25) is 0 Å². The number of aromatic amines is 1. The summed E-state index contributed by atoms with van der Waals surface area (Å²) in [5.41, 5.74) is 3.22. The normalized spacial score (nSPS) is 18.4. The number of nitrogens with zero attached hydrogens (tertiary/aromatic N) is 6. The number of aryl methyl sites for hydroxylation is 1. The number of fused-ring (bicyclic) bond motifs is 1. The molecule has 2 aliphatic rings. The molecule has 152 valence electrons. The molecule has 0 saturated carbocycles. The Morgan fingerprint density at radius 2 is 2.07 bits per heavy atom. The van der Waals surface area contributed by atoms with E-state index in [1.165, 1.54) is 10.5 Å². The van der Waals surface area contributed by atoms with E-state index in [0.717, 1.165) is 74.1 Å². The van der Waals surface area contributed by atoms with E-state index in [1.54, 1.807) is 6.33 Å². The standard InChI is InChI=1S/C20H25N7OS/c1-15-10-21-19-18(15)20(23-14-22-19)26-6-9-29-17(13-26)16-11-24-27(12-16)3-2-25-4-7-28-8-5-25/h10-14H,2-9H2,1H3,(H,21,22,23). The first-order valence-corrected chi connectivity index (χ1v) is 11.0. The van der Waals surface area contributed by atoms with Gasteiger partial charge in [-0.1, -0.05) is 0 Å². The Morgan fingerprint density at radius 1 is 1.17 bits per heavy atom. The van der Waals surface area contributed by atoms with E-state index in [0.29, 0.717) is 0 Å². The second kappa shape index (κ2) is 8.17. The van der Waals surface area contributed by atoms with E-state index in [-0.39, 0.29) is 0 Å². The van der Waals surface area contributed by atoms with Crippen LogP contribution in [-0.4, -0.2) is 74.8 Å². The molecule has 5 rings (SSSR count). The zero-order chi connectivity index (χ0) is 19.6. The van der Waals surface area contributed by atoms with E-state index in [9.17, 15) is 0 Å². The maximum Gasteiger partial charge on any atom is 0.145 e. The van der Waals surface area contributed by atoms with Crippen molar-refractivity contribution in [3.63, 3.8) is 0 Å². The largest absolute Gasteiger partial charge is 0.379 e. The first-order valence-electron chi connectivity index (χ1n) is 10.0. The van der Waals surface area contributed by atoms with Crippen molar-refractivity contribution in [3.8, 4) is 0 Å². The van der Waals surface area contributed by atoms with Gasteiger partial charge in [-0.3, -0.25) is 9.58 Å². The molecule has 0 aliphatic carbocycles. The minimum atomic E-state index is 0.834. The van der Waals surface area contributed by atoms with E-state index in [4.69, 9.17) is 4.74 Å². The molecule has 0 radical (unpaired) electrons. The van der Waals surface area contributed by atoms with Crippen LogP contribution in [0.5, 0.6) is 0 Å². The molecule has 1 N–H and O–H groups in total. The minimum Gasteiger partial charge on any atom is -0.379 e. The fourth-order valence-corrected chi connectivity index (χ4v) is 4.80. The predicted molar refractivity (Wildman–Crippen MR) is 116 cm³/mol. The van der Waals surface area contributed by atoms with Crippen LogP contribution in [-0.2, 0) is 11.3 Å². The van der Waals surface area contributed by atoms with Crippen molar-refractivity contribution < 1.29 is 4.74 Å². The van der Waals surface area contributed by atoms with Gasteiger partial charge in [-0.25, -0.2) is 9.97 Å². The molecule has 3 aromatic rings. The number of hydrogen-bond acceptors (Lipinski definition) is 7. The van der Waals surface area contributed by atoms with Crippen molar-refractivity contribution in [2.45, 2.75) is 13.5 Å². The molecule has 3 aromatic heterocycles. The van der Waals surface area contributed by atoms with Gasteiger partial charge in [0.1, 0.15) is 17.8 Å². The topological polar surface area (TPSA) is 75.1 Å². The number of hydrogen-bond donors (Lipinski definition) is 1. The number of morpholine rings is 1. The van der Waals surface area contributed by atoms with Gasteiger partial charge in [0, 0.05) is 61.0 Å². The Kier molecular flexibility index (Phi) is 5.26. The number of H-pyrrole nitrogens is 1. The first-order chi connectivity index (χ1) is 14.3. The van der Waals surface area contributed by atoms with Gasteiger partial charge >= 0.3 is 0 Å². The first kappa shape index (κ1) is 18.7. The molecule has 0 bridgehead atoms. The quantitative estimate of drug-likeness (QED) is 0.691. The van der Waals surface area contributed by atoms with Crippen molar-refractivity contribution in [1.29, 1.82) is 0 Å². The van der Waals surface area contributed by atoms with Crippen molar-refractivity contribution in [2.24, 2.45) is 0 Å². The summed E-state index contributed by atoms with van der Waals surface area (Å²) in [5, 5.41) is 5.68. The molecular weight excluding hydrogens is 386 g/mol. The lowest BCUT2D eigenvalue weighted by atomic mass is 10.2. The predicted octanol–water partition coefficient (Wildman–Crippen LogP) is 2.35. The van der Waals surface area contributed by atoms with E-state index in [2.05, 4.69) is 49.2 Å². The van der Waals surface area contributed by atoms with Gasteiger partial charge < -0.3 is 14.6 Å². The number of anilines is 1. The Bertz CT molecular complexity index is 1020. The lowest BCUT2D eigenvalue weighted by Crippen LogP contribution is -2.38. The molecule has 0 aromatic carbocycles. The van der Waals surface area contributed by atoms with Crippen LogP contribution in [0.15, 0.2) is 31.1 Å². The Labute approximate surface area is 173 Å². The summed E-state index contributed by atoms with van der Waals surface area (Å²) in [6.45, 7) is 8.61. The summed E-state index contributed by atoms with van der Waals surface area (Å²) >= 11 is 1.87. The maximum absolute atomic E-state index is 5.42. The molecular formula is C20H25N7OS. The van der Waals surface area contributed by atoms with Gasteiger partial charge in [-0.05, 0) is 12.5 Å². The molecule has 0 unspecified atom stereocenters. The second-order valence-electron chi connectivity index (χ2n) is 7.37. The Morgan fingerprint density at radius 3 is 2.97 bits per heavy atom. The van der Waals surface area contributed by atoms with E-state index >= 15 is 0 Å². The fraction of sp³-hybridized carbons (Fsp3) is 0.450. The summed E-state index contributed by atoms with van der Waals surface area (Å²) < 4.78 is 7.47. The third-order valence-electron chi connectivity index (χ3n) is 5.45. The average molecular weight is 412 g/mol. The number of rotatable bonds is 5. The summed E-state index contributed by atoms with van der Waals surface area (Å²) in [6, 6.07) is 0. The summed E-state index contributed by atoms with van der Waals surface area (Å²) in [7, 11) is 0. The summed E-state index contributed by atoms with van der Waals surface area (Å²) in [6.07, 6.45) is 9.95. The minimum absolute atomic E-state index is 0.834. The number of thioether (sulfide) groups is 1. The van der Waals surface area contributed by atoms with Crippen LogP contribution < -0.4 is 4.90 Å². The summed E-state index contributed by atoms with van der Waals surface area (Å²) in [4.78, 5) is 18.1. The monoisotopic (exact) mass is 411 g/mol. The van der Waals surface area contributed by atoms with E-state index < -0.39 is 0 Å². The van der Waals surface area contributed by atoms with Crippen LogP contribution in [0.25, 0.3) is 15.9 Å². The molecule has 5 heterocycles. The maximum atomic E-state index is 5.42. The number of nitrogens with one attached hydrogen (secondary N) is 1. The number of aromatic nitrogens is 5. The Balaban J connectivity index is 1.34. The van der Waals surface area contributed by atoms with Crippen LogP contribution in [0.3, 0.4) is 0 Å². The average Bonchev–Trinajstić information content (AvgIpc) is 3.40. The molecule has 1 saturated heterocycles. The molecule has 0 spiro atoms. The molecule has 0 amide bonds. The zero-order valence-electron chi connectivity index (χ0n) is 16.5. The highest BCUT2D eigenvalue weighted by Crippen LogP contribution is 2.35. The van der Waals surface area contributed by atoms with Gasteiger partial charge in [0.05, 0.1) is 31.3 Å². The fourth-order valence-electron chi connectivity index (χ4n) is 3.82. The number of ether oxygens (including phenoxy) is 1. The van der Waals surface area contributed by atoms with Crippen LogP contribution >= 0.6 is 11.8 Å². The van der Waals surface area contributed by atoms with Crippen LogP contribution in [0, 0.1) is 6.92 Å². The highest BCUT2D eigenvalue weighted by atomic mass is 32.2. The molecule has 29 heavy (non-hydrogen) atoms. The van der Waals surface area contributed by atoms with Crippen molar-refractivity contribution in [2.75, 3.05) is 50.0 Å². The highest BCUT2D eigenvalue weighted by molar-refractivity contribution is 8.08. The van der Waals surface area contributed by atoms with Gasteiger partial charge in [0.15, 0.2) is 0 Å². The van der Waals surface area contributed by atoms with Crippen molar-refractivity contribution in [1.82, 2.24) is 29.6 Å². The van der Waals surface area contributed by atoms with E-state index in [1.807, 2.05) is 28.8 Å². The molecule has 9 heteroatoms. The molecule has 2 aliphatic heterocycles. The van der Waals surface area contributed by atoms with Crippen molar-refractivity contribution >= 4 is 33.5 Å². The van der Waals surface area contributed by atoms with Crippen LogP contribution in [0.2, 0.25) is 0 Å². The zero-order valence-corrected chi connectivity index (χ0v) is 17.4.